The van der Waals surface area contributed by atoms with Crippen LogP contribution in [-0.2, 0) is 12.8 Å². The molecule has 2 unspecified atom stereocenters. The molecule has 1 fully saturated rings. The van der Waals surface area contributed by atoms with Crippen molar-refractivity contribution in [2.24, 2.45) is 5.73 Å². The molecule has 1 aliphatic carbocycles. The van der Waals surface area contributed by atoms with Crippen LogP contribution < -0.4 is 5.73 Å². The maximum atomic E-state index is 6.25. The highest BCUT2D eigenvalue weighted by Gasteiger charge is 2.44. The van der Waals surface area contributed by atoms with Crippen molar-refractivity contribution in [2.45, 2.75) is 44.3 Å². The highest BCUT2D eigenvalue weighted by atomic mass is 15.3. The number of hydrogen-bond donors (Lipinski definition) is 1. The quantitative estimate of drug-likeness (QED) is 0.886. The van der Waals surface area contributed by atoms with Crippen molar-refractivity contribution in [3.05, 3.63) is 35.4 Å². The molecular formula is C17H27N3. The standard InChI is InChI=1S/C17H27N3/c1-13-10-20(11-14(2)19(13)3)17(12-18)8-15-6-4-5-7-16(15)9-17/h4-7,13-14H,8-12,18H2,1-3H3. The van der Waals surface area contributed by atoms with Crippen molar-refractivity contribution in [3.8, 4) is 0 Å². The monoisotopic (exact) mass is 273 g/mol. The average Bonchev–Trinajstić information content (AvgIpc) is 2.84. The van der Waals surface area contributed by atoms with Crippen LogP contribution in [0.25, 0.3) is 0 Å². The average molecular weight is 273 g/mol. The highest BCUT2D eigenvalue weighted by Crippen LogP contribution is 2.35. The van der Waals surface area contributed by atoms with Crippen LogP contribution in [0.4, 0.5) is 0 Å². The fourth-order valence-electron chi connectivity index (χ4n) is 3.96. The van der Waals surface area contributed by atoms with E-state index in [1.165, 1.54) is 11.1 Å². The molecule has 3 nitrogen and oxygen atoms in total. The molecular weight excluding hydrogens is 246 g/mol. The number of nitrogens with two attached hydrogens (primary N) is 1. The van der Waals surface area contributed by atoms with Crippen LogP contribution in [0.5, 0.6) is 0 Å². The number of fused-ring (bicyclic) bond motifs is 1. The normalized spacial score (nSPS) is 30.4. The topological polar surface area (TPSA) is 32.5 Å². The Morgan fingerprint density at radius 3 is 2.05 bits per heavy atom. The molecule has 0 amide bonds. The molecule has 1 aromatic rings. The molecule has 0 saturated carbocycles. The van der Waals surface area contributed by atoms with Crippen LogP contribution in [0.1, 0.15) is 25.0 Å². The van der Waals surface area contributed by atoms with Gasteiger partial charge in [0.1, 0.15) is 0 Å². The zero-order valence-electron chi connectivity index (χ0n) is 13.0. The zero-order valence-corrected chi connectivity index (χ0v) is 13.0. The highest BCUT2D eigenvalue weighted by molar-refractivity contribution is 5.36. The molecule has 2 atom stereocenters. The first-order chi connectivity index (χ1) is 9.55. The first-order valence-corrected chi connectivity index (χ1v) is 7.79. The van der Waals surface area contributed by atoms with Gasteiger partial charge >= 0.3 is 0 Å². The Morgan fingerprint density at radius 1 is 1.10 bits per heavy atom. The number of nitrogens with zero attached hydrogens (tertiary/aromatic N) is 2. The first-order valence-electron chi connectivity index (χ1n) is 7.79. The van der Waals surface area contributed by atoms with Crippen LogP contribution in [-0.4, -0.2) is 54.1 Å². The van der Waals surface area contributed by atoms with Crippen molar-refractivity contribution in [1.29, 1.82) is 0 Å². The largest absolute Gasteiger partial charge is 0.329 e. The van der Waals surface area contributed by atoms with Crippen LogP contribution in [0.3, 0.4) is 0 Å². The Balaban J connectivity index is 1.85. The number of likely N-dealkylation sites (N-methyl/N-ethyl adjacent to an activating group) is 1. The van der Waals surface area contributed by atoms with Gasteiger partial charge in [-0.05, 0) is 44.9 Å². The third kappa shape index (κ3) is 2.18. The molecule has 0 radical (unpaired) electrons. The van der Waals surface area contributed by atoms with Gasteiger partial charge in [0.05, 0.1) is 0 Å². The van der Waals surface area contributed by atoms with Gasteiger partial charge in [0.15, 0.2) is 0 Å². The van der Waals surface area contributed by atoms with Crippen molar-refractivity contribution in [2.75, 3.05) is 26.7 Å². The minimum absolute atomic E-state index is 0.146. The van der Waals surface area contributed by atoms with Gasteiger partial charge in [0, 0.05) is 37.3 Å². The lowest BCUT2D eigenvalue weighted by atomic mass is 9.90. The number of piperazine rings is 1. The van der Waals surface area contributed by atoms with Crippen LogP contribution in [0.2, 0.25) is 0 Å². The van der Waals surface area contributed by atoms with E-state index in [1.807, 2.05) is 0 Å². The second-order valence-electron chi connectivity index (χ2n) is 6.82. The van der Waals surface area contributed by atoms with E-state index in [2.05, 4.69) is 55.0 Å². The minimum atomic E-state index is 0.146. The molecule has 3 heteroatoms. The SMILES string of the molecule is CC1CN(C2(CN)Cc3ccccc3C2)CC(C)N1C. The maximum absolute atomic E-state index is 6.25. The van der Waals surface area contributed by atoms with Gasteiger partial charge in [-0.1, -0.05) is 24.3 Å². The van der Waals surface area contributed by atoms with E-state index in [4.69, 9.17) is 5.73 Å². The third-order valence-corrected chi connectivity index (χ3v) is 5.57. The van der Waals surface area contributed by atoms with Crippen molar-refractivity contribution >= 4 is 0 Å². The molecule has 1 aromatic carbocycles. The summed E-state index contributed by atoms with van der Waals surface area (Å²) in [6.07, 6.45) is 2.23. The molecule has 1 saturated heterocycles. The van der Waals surface area contributed by atoms with Crippen LogP contribution >= 0.6 is 0 Å². The smallest absolute Gasteiger partial charge is 0.0413 e. The predicted octanol–water partition coefficient (Wildman–Crippen LogP) is 1.51. The van der Waals surface area contributed by atoms with E-state index in [9.17, 15) is 0 Å². The van der Waals surface area contributed by atoms with Gasteiger partial charge in [-0.3, -0.25) is 9.80 Å². The Bertz CT molecular complexity index is 448. The van der Waals surface area contributed by atoms with Gasteiger partial charge in [-0.15, -0.1) is 0 Å². The summed E-state index contributed by atoms with van der Waals surface area (Å²) in [6, 6.07) is 10.1. The van der Waals surface area contributed by atoms with Crippen molar-refractivity contribution in [1.82, 2.24) is 9.80 Å². The molecule has 0 aromatic heterocycles. The molecule has 0 spiro atoms. The lowest BCUT2D eigenvalue weighted by Gasteiger charge is -2.50. The number of hydrogen-bond acceptors (Lipinski definition) is 3. The minimum Gasteiger partial charge on any atom is -0.329 e. The van der Waals surface area contributed by atoms with E-state index in [0.29, 0.717) is 12.1 Å². The lowest BCUT2D eigenvalue weighted by molar-refractivity contribution is -0.00580. The van der Waals surface area contributed by atoms with E-state index in [-0.39, 0.29) is 5.54 Å². The van der Waals surface area contributed by atoms with Gasteiger partial charge in [0.2, 0.25) is 0 Å². The van der Waals surface area contributed by atoms with E-state index >= 15 is 0 Å². The van der Waals surface area contributed by atoms with Gasteiger partial charge in [0.25, 0.3) is 0 Å². The molecule has 2 aliphatic rings. The van der Waals surface area contributed by atoms with E-state index in [1.54, 1.807) is 0 Å². The summed E-state index contributed by atoms with van der Waals surface area (Å²) >= 11 is 0. The summed E-state index contributed by atoms with van der Waals surface area (Å²) in [6.45, 7) is 7.67. The van der Waals surface area contributed by atoms with E-state index < -0.39 is 0 Å². The molecule has 1 aliphatic heterocycles. The zero-order chi connectivity index (χ0) is 14.3. The summed E-state index contributed by atoms with van der Waals surface area (Å²) in [5, 5.41) is 0. The van der Waals surface area contributed by atoms with Crippen molar-refractivity contribution < 1.29 is 0 Å². The molecule has 2 N–H and O–H groups in total. The molecule has 20 heavy (non-hydrogen) atoms. The molecule has 1 heterocycles. The number of benzene rings is 1. The predicted molar refractivity (Wildman–Crippen MR) is 83.9 cm³/mol. The summed E-state index contributed by atoms with van der Waals surface area (Å²) in [4.78, 5) is 5.16. The summed E-state index contributed by atoms with van der Waals surface area (Å²) in [5.74, 6) is 0. The van der Waals surface area contributed by atoms with Crippen molar-refractivity contribution in [3.63, 3.8) is 0 Å². The van der Waals surface area contributed by atoms with Crippen LogP contribution in [0, 0.1) is 0 Å². The first kappa shape index (κ1) is 14.1. The van der Waals surface area contributed by atoms with Gasteiger partial charge in [-0.25, -0.2) is 0 Å². The Morgan fingerprint density at radius 2 is 1.60 bits per heavy atom. The second kappa shape index (κ2) is 5.14. The summed E-state index contributed by atoms with van der Waals surface area (Å²) in [5.41, 5.74) is 9.39. The fraction of sp³-hybridized carbons (Fsp3) is 0.647. The molecule has 110 valence electrons. The number of rotatable bonds is 2. The van der Waals surface area contributed by atoms with Gasteiger partial charge < -0.3 is 5.73 Å². The Kier molecular flexibility index (Phi) is 3.61. The molecule has 0 bridgehead atoms. The Labute approximate surface area is 122 Å². The third-order valence-electron chi connectivity index (χ3n) is 5.57. The Hall–Kier alpha value is -0.900. The van der Waals surface area contributed by atoms with Crippen LogP contribution in [0.15, 0.2) is 24.3 Å². The van der Waals surface area contributed by atoms with E-state index in [0.717, 1.165) is 32.5 Å². The summed E-state index contributed by atoms with van der Waals surface area (Å²) < 4.78 is 0. The summed E-state index contributed by atoms with van der Waals surface area (Å²) in [7, 11) is 2.24. The lowest BCUT2D eigenvalue weighted by Crippen LogP contribution is -2.64. The fourth-order valence-corrected chi connectivity index (χ4v) is 3.96. The molecule has 3 rings (SSSR count). The maximum Gasteiger partial charge on any atom is 0.0413 e. The second-order valence-corrected chi connectivity index (χ2v) is 6.82. The van der Waals surface area contributed by atoms with Gasteiger partial charge in [-0.2, -0.15) is 0 Å².